The quantitative estimate of drug-likeness (QED) is 0.768. The molecule has 86 valence electrons. The zero-order valence-corrected chi connectivity index (χ0v) is 9.28. The Labute approximate surface area is 95.5 Å². The zero-order valence-electron chi connectivity index (χ0n) is 9.28. The predicted molar refractivity (Wildman–Crippen MR) is 61.9 cm³/mol. The molecule has 16 heavy (non-hydrogen) atoms. The van der Waals surface area contributed by atoms with Crippen LogP contribution in [0.15, 0.2) is 24.4 Å². The normalized spacial score (nSPS) is 19.6. The van der Waals surface area contributed by atoms with E-state index in [1.54, 1.807) is 6.20 Å². The standard InChI is InChI=1S/C12H17N3O/c16-12(7-11-3-1-2-5-14-11)15-9-10-4-6-13-8-10/h1-3,5,10,13H,4,6-9H2,(H,15,16). The van der Waals surface area contributed by atoms with Crippen LogP contribution in [0.2, 0.25) is 0 Å². The van der Waals surface area contributed by atoms with Crippen LogP contribution in [0.5, 0.6) is 0 Å². The van der Waals surface area contributed by atoms with E-state index >= 15 is 0 Å². The van der Waals surface area contributed by atoms with E-state index in [9.17, 15) is 4.79 Å². The first-order chi connectivity index (χ1) is 7.84. The average Bonchev–Trinajstić information content (AvgIpc) is 2.81. The maximum atomic E-state index is 11.6. The summed E-state index contributed by atoms with van der Waals surface area (Å²) in [5.41, 5.74) is 0.824. The molecular weight excluding hydrogens is 202 g/mol. The molecule has 1 saturated heterocycles. The van der Waals surface area contributed by atoms with Gasteiger partial charge in [0, 0.05) is 18.4 Å². The molecule has 1 amide bonds. The molecule has 2 heterocycles. The number of nitrogens with one attached hydrogen (secondary N) is 2. The minimum Gasteiger partial charge on any atom is -0.355 e. The lowest BCUT2D eigenvalue weighted by Crippen LogP contribution is -2.31. The first kappa shape index (κ1) is 11.1. The van der Waals surface area contributed by atoms with Gasteiger partial charge in [0.1, 0.15) is 0 Å². The van der Waals surface area contributed by atoms with Gasteiger partial charge in [-0.25, -0.2) is 0 Å². The minimum absolute atomic E-state index is 0.0607. The maximum Gasteiger partial charge on any atom is 0.226 e. The lowest BCUT2D eigenvalue weighted by molar-refractivity contribution is -0.120. The monoisotopic (exact) mass is 219 g/mol. The van der Waals surface area contributed by atoms with Crippen molar-refractivity contribution in [1.29, 1.82) is 0 Å². The predicted octanol–water partition coefficient (Wildman–Crippen LogP) is 0.350. The molecule has 2 rings (SSSR count). The minimum atomic E-state index is 0.0607. The number of aromatic nitrogens is 1. The van der Waals surface area contributed by atoms with E-state index in [0.29, 0.717) is 12.3 Å². The Kier molecular flexibility index (Phi) is 3.88. The van der Waals surface area contributed by atoms with E-state index in [4.69, 9.17) is 0 Å². The van der Waals surface area contributed by atoms with Crippen LogP contribution in [0.25, 0.3) is 0 Å². The van der Waals surface area contributed by atoms with Crippen molar-refractivity contribution < 1.29 is 4.79 Å². The second-order valence-electron chi connectivity index (χ2n) is 4.16. The Morgan fingerprint density at radius 1 is 1.56 bits per heavy atom. The highest BCUT2D eigenvalue weighted by atomic mass is 16.1. The number of nitrogens with zero attached hydrogens (tertiary/aromatic N) is 1. The van der Waals surface area contributed by atoms with Crippen LogP contribution in [0.1, 0.15) is 12.1 Å². The lowest BCUT2D eigenvalue weighted by Gasteiger charge is -2.09. The maximum absolute atomic E-state index is 11.6. The third-order valence-corrected chi connectivity index (χ3v) is 2.82. The molecule has 1 atom stereocenters. The van der Waals surface area contributed by atoms with Gasteiger partial charge in [0.25, 0.3) is 0 Å². The Morgan fingerprint density at radius 3 is 3.19 bits per heavy atom. The number of amides is 1. The van der Waals surface area contributed by atoms with Crippen LogP contribution in [-0.2, 0) is 11.2 Å². The van der Waals surface area contributed by atoms with Gasteiger partial charge in [-0.05, 0) is 37.6 Å². The molecule has 0 bridgehead atoms. The van der Waals surface area contributed by atoms with Gasteiger partial charge in [0.05, 0.1) is 6.42 Å². The van der Waals surface area contributed by atoms with Gasteiger partial charge < -0.3 is 10.6 Å². The third-order valence-electron chi connectivity index (χ3n) is 2.82. The van der Waals surface area contributed by atoms with Gasteiger partial charge in [0.2, 0.25) is 5.91 Å². The van der Waals surface area contributed by atoms with Crippen LogP contribution in [0.3, 0.4) is 0 Å². The molecule has 4 heteroatoms. The van der Waals surface area contributed by atoms with Gasteiger partial charge >= 0.3 is 0 Å². The van der Waals surface area contributed by atoms with Gasteiger partial charge in [-0.15, -0.1) is 0 Å². The van der Waals surface area contributed by atoms with Crippen molar-refractivity contribution in [3.05, 3.63) is 30.1 Å². The summed E-state index contributed by atoms with van der Waals surface area (Å²) in [5.74, 6) is 0.651. The summed E-state index contributed by atoms with van der Waals surface area (Å²) in [5, 5.41) is 6.24. The molecule has 0 radical (unpaired) electrons. The number of carbonyl (C=O) groups is 1. The first-order valence-electron chi connectivity index (χ1n) is 5.72. The largest absolute Gasteiger partial charge is 0.355 e. The number of hydrogen-bond acceptors (Lipinski definition) is 3. The van der Waals surface area contributed by atoms with Crippen molar-refractivity contribution >= 4 is 5.91 Å². The lowest BCUT2D eigenvalue weighted by atomic mass is 10.1. The van der Waals surface area contributed by atoms with E-state index in [0.717, 1.165) is 31.7 Å². The fourth-order valence-electron chi connectivity index (χ4n) is 1.88. The molecule has 4 nitrogen and oxygen atoms in total. The molecular formula is C12H17N3O. The smallest absolute Gasteiger partial charge is 0.226 e. The van der Waals surface area contributed by atoms with Crippen LogP contribution < -0.4 is 10.6 Å². The molecule has 0 aromatic carbocycles. The van der Waals surface area contributed by atoms with Crippen LogP contribution in [0, 0.1) is 5.92 Å². The summed E-state index contributed by atoms with van der Waals surface area (Å²) < 4.78 is 0. The summed E-state index contributed by atoms with van der Waals surface area (Å²) in [4.78, 5) is 15.7. The fourth-order valence-corrected chi connectivity index (χ4v) is 1.88. The van der Waals surface area contributed by atoms with Gasteiger partial charge in [0.15, 0.2) is 0 Å². The number of hydrogen-bond donors (Lipinski definition) is 2. The summed E-state index contributed by atoms with van der Waals surface area (Å²) >= 11 is 0. The highest BCUT2D eigenvalue weighted by Crippen LogP contribution is 2.05. The summed E-state index contributed by atoms with van der Waals surface area (Å²) in [7, 11) is 0. The topological polar surface area (TPSA) is 54.0 Å². The van der Waals surface area contributed by atoms with E-state index < -0.39 is 0 Å². The fraction of sp³-hybridized carbons (Fsp3) is 0.500. The zero-order chi connectivity index (χ0) is 11.2. The number of carbonyl (C=O) groups excluding carboxylic acids is 1. The van der Waals surface area contributed by atoms with Crippen LogP contribution in [-0.4, -0.2) is 30.5 Å². The molecule has 1 aromatic heterocycles. The van der Waals surface area contributed by atoms with E-state index in [1.165, 1.54) is 0 Å². The van der Waals surface area contributed by atoms with Gasteiger partial charge in [-0.3, -0.25) is 9.78 Å². The van der Waals surface area contributed by atoms with Crippen molar-refractivity contribution in [3.63, 3.8) is 0 Å². The first-order valence-corrected chi connectivity index (χ1v) is 5.72. The molecule has 0 spiro atoms. The SMILES string of the molecule is O=C(Cc1ccccn1)NCC1CCNC1. The summed E-state index contributed by atoms with van der Waals surface area (Å²) in [6.45, 7) is 2.86. The second-order valence-corrected chi connectivity index (χ2v) is 4.16. The molecule has 1 unspecified atom stereocenters. The number of rotatable bonds is 4. The van der Waals surface area contributed by atoms with E-state index in [1.807, 2.05) is 18.2 Å². The molecule has 0 saturated carbocycles. The van der Waals surface area contributed by atoms with E-state index in [-0.39, 0.29) is 5.91 Å². The molecule has 1 aromatic rings. The van der Waals surface area contributed by atoms with Crippen molar-refractivity contribution in [2.24, 2.45) is 5.92 Å². The number of pyridine rings is 1. The molecule has 1 aliphatic rings. The van der Waals surface area contributed by atoms with Crippen molar-refractivity contribution in [3.8, 4) is 0 Å². The van der Waals surface area contributed by atoms with Crippen LogP contribution >= 0.6 is 0 Å². The Balaban J connectivity index is 1.72. The third kappa shape index (κ3) is 3.31. The molecule has 1 aliphatic heterocycles. The Morgan fingerprint density at radius 2 is 2.50 bits per heavy atom. The average molecular weight is 219 g/mol. The Hall–Kier alpha value is -1.42. The van der Waals surface area contributed by atoms with E-state index in [2.05, 4.69) is 15.6 Å². The molecule has 1 fully saturated rings. The van der Waals surface area contributed by atoms with Crippen molar-refractivity contribution in [2.45, 2.75) is 12.8 Å². The van der Waals surface area contributed by atoms with Crippen molar-refractivity contribution in [2.75, 3.05) is 19.6 Å². The van der Waals surface area contributed by atoms with Crippen molar-refractivity contribution in [1.82, 2.24) is 15.6 Å². The summed E-state index contributed by atoms with van der Waals surface area (Å²) in [6, 6.07) is 5.62. The second kappa shape index (κ2) is 5.61. The highest BCUT2D eigenvalue weighted by molar-refractivity contribution is 5.78. The molecule has 0 aliphatic carbocycles. The van der Waals surface area contributed by atoms with Gasteiger partial charge in [-0.1, -0.05) is 6.07 Å². The van der Waals surface area contributed by atoms with Crippen LogP contribution in [0.4, 0.5) is 0 Å². The molecule has 2 N–H and O–H groups in total. The summed E-state index contributed by atoms with van der Waals surface area (Å²) in [6.07, 6.45) is 3.24. The highest BCUT2D eigenvalue weighted by Gasteiger charge is 2.15. The van der Waals surface area contributed by atoms with Gasteiger partial charge in [-0.2, -0.15) is 0 Å². The Bertz CT molecular complexity index is 333.